The zero-order chi connectivity index (χ0) is 14.0. The number of alkyl halides is 1. The van der Waals surface area contributed by atoms with E-state index in [4.69, 9.17) is 0 Å². The lowest BCUT2D eigenvalue weighted by Gasteiger charge is -2.31. The van der Waals surface area contributed by atoms with Gasteiger partial charge in [-0.2, -0.15) is 5.10 Å². The highest BCUT2D eigenvalue weighted by Gasteiger charge is 2.30. The van der Waals surface area contributed by atoms with Crippen molar-refractivity contribution in [3.63, 3.8) is 0 Å². The molecule has 5 heteroatoms. The number of nitrogens with zero attached hydrogens (tertiary/aromatic N) is 3. The summed E-state index contributed by atoms with van der Waals surface area (Å²) in [5.74, 6) is 0. The standard InChI is InChI=1S/C15H20BrN3O/c16-11-15(6-3-1-2-4-7-15)12-18-9-10-19-13(14(18)20)5-8-17-19/h5,8-10H,1-4,6-7,11-12H2. The van der Waals surface area contributed by atoms with Crippen molar-refractivity contribution in [2.75, 3.05) is 5.33 Å². The Bertz CT molecular complexity index is 638. The second-order valence-corrected chi connectivity index (χ2v) is 6.50. The van der Waals surface area contributed by atoms with Crippen LogP contribution in [-0.4, -0.2) is 19.5 Å². The van der Waals surface area contributed by atoms with Crippen molar-refractivity contribution < 1.29 is 0 Å². The molecule has 0 atom stereocenters. The van der Waals surface area contributed by atoms with Gasteiger partial charge in [-0.1, -0.05) is 41.6 Å². The number of hydrogen-bond donors (Lipinski definition) is 0. The number of halogens is 1. The summed E-state index contributed by atoms with van der Waals surface area (Å²) in [5.41, 5.74) is 0.944. The highest BCUT2D eigenvalue weighted by atomic mass is 79.9. The maximum absolute atomic E-state index is 12.5. The minimum Gasteiger partial charge on any atom is -0.312 e. The summed E-state index contributed by atoms with van der Waals surface area (Å²) < 4.78 is 3.51. The van der Waals surface area contributed by atoms with Gasteiger partial charge in [-0.3, -0.25) is 4.79 Å². The van der Waals surface area contributed by atoms with Crippen molar-refractivity contribution in [3.05, 3.63) is 35.0 Å². The zero-order valence-electron chi connectivity index (χ0n) is 11.6. The predicted octanol–water partition coefficient (Wildman–Crippen LogP) is 3.23. The molecule has 2 heterocycles. The summed E-state index contributed by atoms with van der Waals surface area (Å²) in [6, 6.07) is 1.78. The van der Waals surface area contributed by atoms with Gasteiger partial charge in [0.2, 0.25) is 0 Å². The van der Waals surface area contributed by atoms with Crippen molar-refractivity contribution in [1.82, 2.24) is 14.2 Å². The van der Waals surface area contributed by atoms with E-state index < -0.39 is 0 Å². The molecule has 2 aromatic heterocycles. The first kappa shape index (κ1) is 13.9. The van der Waals surface area contributed by atoms with E-state index in [1.54, 1.807) is 16.8 Å². The van der Waals surface area contributed by atoms with Crippen LogP contribution in [0.3, 0.4) is 0 Å². The van der Waals surface area contributed by atoms with Crippen LogP contribution in [0.4, 0.5) is 0 Å². The van der Waals surface area contributed by atoms with Crippen molar-refractivity contribution in [1.29, 1.82) is 0 Å². The predicted molar refractivity (Wildman–Crippen MR) is 83.4 cm³/mol. The van der Waals surface area contributed by atoms with Gasteiger partial charge < -0.3 is 4.57 Å². The molecule has 0 saturated heterocycles. The highest BCUT2D eigenvalue weighted by Crippen LogP contribution is 2.37. The second kappa shape index (κ2) is 5.72. The van der Waals surface area contributed by atoms with Gasteiger partial charge >= 0.3 is 0 Å². The SMILES string of the molecule is O=c1c2ccnn2ccn1CC1(CBr)CCCCCC1. The third-order valence-electron chi connectivity index (χ3n) is 4.49. The molecule has 108 valence electrons. The monoisotopic (exact) mass is 337 g/mol. The lowest BCUT2D eigenvalue weighted by Crippen LogP contribution is -2.33. The van der Waals surface area contributed by atoms with Gasteiger partial charge in [0, 0.05) is 24.3 Å². The largest absolute Gasteiger partial charge is 0.312 e. The topological polar surface area (TPSA) is 39.3 Å². The van der Waals surface area contributed by atoms with E-state index in [2.05, 4.69) is 21.0 Å². The molecule has 0 unspecified atom stereocenters. The van der Waals surface area contributed by atoms with E-state index in [1.165, 1.54) is 38.5 Å². The molecule has 1 saturated carbocycles. The van der Waals surface area contributed by atoms with E-state index in [9.17, 15) is 4.79 Å². The van der Waals surface area contributed by atoms with Crippen LogP contribution in [0, 0.1) is 5.41 Å². The first-order chi connectivity index (χ1) is 9.74. The average molecular weight is 338 g/mol. The summed E-state index contributed by atoms with van der Waals surface area (Å²) in [5, 5.41) is 5.08. The van der Waals surface area contributed by atoms with E-state index in [0.717, 1.165) is 11.9 Å². The van der Waals surface area contributed by atoms with Crippen molar-refractivity contribution >= 4 is 21.4 Å². The van der Waals surface area contributed by atoms with Gasteiger partial charge in [-0.25, -0.2) is 4.52 Å². The van der Waals surface area contributed by atoms with E-state index >= 15 is 0 Å². The molecule has 0 amide bonds. The maximum Gasteiger partial charge on any atom is 0.276 e. The number of aromatic nitrogens is 3. The van der Waals surface area contributed by atoms with Crippen LogP contribution in [0.2, 0.25) is 0 Å². The summed E-state index contributed by atoms with van der Waals surface area (Å²) in [4.78, 5) is 12.5. The number of rotatable bonds is 3. The molecular formula is C15H20BrN3O. The normalized spacial score (nSPS) is 19.1. The van der Waals surface area contributed by atoms with Gasteiger partial charge in [-0.05, 0) is 24.3 Å². The van der Waals surface area contributed by atoms with Crippen LogP contribution >= 0.6 is 15.9 Å². The molecule has 0 aromatic carbocycles. The average Bonchev–Trinajstić information content (AvgIpc) is 2.83. The maximum atomic E-state index is 12.5. The van der Waals surface area contributed by atoms with E-state index in [0.29, 0.717) is 5.52 Å². The van der Waals surface area contributed by atoms with Crippen LogP contribution in [0.15, 0.2) is 29.5 Å². The van der Waals surface area contributed by atoms with Gasteiger partial charge in [-0.15, -0.1) is 0 Å². The molecule has 0 aliphatic heterocycles. The third kappa shape index (κ3) is 2.55. The first-order valence-electron chi connectivity index (χ1n) is 7.33. The summed E-state index contributed by atoms with van der Waals surface area (Å²) >= 11 is 3.69. The third-order valence-corrected chi connectivity index (χ3v) is 5.68. The summed E-state index contributed by atoms with van der Waals surface area (Å²) in [7, 11) is 0. The fourth-order valence-electron chi connectivity index (χ4n) is 3.26. The van der Waals surface area contributed by atoms with Crippen LogP contribution in [0.25, 0.3) is 5.52 Å². The van der Waals surface area contributed by atoms with Crippen molar-refractivity contribution in [2.45, 2.75) is 45.1 Å². The van der Waals surface area contributed by atoms with Crippen LogP contribution in [-0.2, 0) is 6.54 Å². The minimum absolute atomic E-state index is 0.0644. The van der Waals surface area contributed by atoms with E-state index in [1.807, 2.05) is 17.0 Å². The Morgan fingerprint density at radius 1 is 1.20 bits per heavy atom. The molecule has 0 N–H and O–H groups in total. The summed E-state index contributed by atoms with van der Waals surface area (Å²) in [6.07, 6.45) is 13.0. The fourth-order valence-corrected chi connectivity index (χ4v) is 4.00. The Morgan fingerprint density at radius 3 is 2.65 bits per heavy atom. The van der Waals surface area contributed by atoms with Crippen LogP contribution in [0.1, 0.15) is 38.5 Å². The van der Waals surface area contributed by atoms with Crippen LogP contribution < -0.4 is 5.56 Å². The number of hydrogen-bond acceptors (Lipinski definition) is 2. The molecule has 2 aromatic rings. The molecule has 3 rings (SSSR count). The number of fused-ring (bicyclic) bond motifs is 1. The van der Waals surface area contributed by atoms with E-state index in [-0.39, 0.29) is 11.0 Å². The molecule has 4 nitrogen and oxygen atoms in total. The molecule has 1 fully saturated rings. The Kier molecular flexibility index (Phi) is 3.96. The fraction of sp³-hybridized carbons (Fsp3) is 0.600. The minimum atomic E-state index is 0.0644. The smallest absolute Gasteiger partial charge is 0.276 e. The zero-order valence-corrected chi connectivity index (χ0v) is 13.2. The highest BCUT2D eigenvalue weighted by molar-refractivity contribution is 9.09. The van der Waals surface area contributed by atoms with Crippen molar-refractivity contribution in [3.8, 4) is 0 Å². The molecule has 0 spiro atoms. The second-order valence-electron chi connectivity index (χ2n) is 5.94. The van der Waals surface area contributed by atoms with Crippen LogP contribution in [0.5, 0.6) is 0 Å². The lowest BCUT2D eigenvalue weighted by atomic mass is 9.82. The Balaban J connectivity index is 1.94. The molecular weight excluding hydrogens is 318 g/mol. The molecule has 0 bridgehead atoms. The van der Waals surface area contributed by atoms with Crippen molar-refractivity contribution in [2.24, 2.45) is 5.41 Å². The molecule has 1 aliphatic rings. The van der Waals surface area contributed by atoms with Gasteiger partial charge in [0.1, 0.15) is 5.52 Å². The quantitative estimate of drug-likeness (QED) is 0.637. The van der Waals surface area contributed by atoms with Gasteiger partial charge in [0.05, 0.1) is 6.20 Å². The molecule has 0 radical (unpaired) electrons. The molecule has 20 heavy (non-hydrogen) atoms. The lowest BCUT2D eigenvalue weighted by molar-refractivity contribution is 0.239. The summed E-state index contributed by atoms with van der Waals surface area (Å²) in [6.45, 7) is 0.804. The first-order valence-corrected chi connectivity index (χ1v) is 8.45. The Labute approximate surface area is 126 Å². The Hall–Kier alpha value is -1.10. The van der Waals surface area contributed by atoms with Gasteiger partial charge in [0.25, 0.3) is 5.56 Å². The van der Waals surface area contributed by atoms with Gasteiger partial charge in [0.15, 0.2) is 0 Å². The molecule has 1 aliphatic carbocycles. The Morgan fingerprint density at radius 2 is 1.95 bits per heavy atom.